The Morgan fingerprint density at radius 1 is 0.810 bits per heavy atom. The van der Waals surface area contributed by atoms with Crippen molar-refractivity contribution >= 4 is 6.21 Å². The van der Waals surface area contributed by atoms with Gasteiger partial charge in [-0.2, -0.15) is 0 Å². The summed E-state index contributed by atoms with van der Waals surface area (Å²) in [7, 11) is 0. The molecule has 1 atom stereocenters. The third-order valence-electron chi connectivity index (χ3n) is 2.97. The van der Waals surface area contributed by atoms with Gasteiger partial charge in [0, 0.05) is 12.1 Å². The van der Waals surface area contributed by atoms with E-state index in [0.717, 1.165) is 5.92 Å². The molecule has 10 radical (unpaired) electrons. The van der Waals surface area contributed by atoms with E-state index in [1.54, 1.807) is 0 Å². The zero-order valence-corrected chi connectivity index (χ0v) is 13.1. The average molecular weight is 317 g/mol. The van der Waals surface area contributed by atoms with Gasteiger partial charge in [-0.15, -0.1) is 0 Å². The molecule has 1 aromatic rings. The van der Waals surface area contributed by atoms with Gasteiger partial charge >= 0.3 is 17.1 Å². The Balaban J connectivity index is 0.000000313. The van der Waals surface area contributed by atoms with Crippen LogP contribution in [0.1, 0.15) is 18.5 Å². The number of benzene rings is 1. The molecule has 2 fully saturated rings. The minimum absolute atomic E-state index is 0. The largest absolute Gasteiger partial charge is 2.00 e. The molecular weight excluding hydrogens is 298 g/mol. The molecule has 2 saturated carbocycles. The van der Waals surface area contributed by atoms with Gasteiger partial charge in [0.15, 0.2) is 0 Å². The van der Waals surface area contributed by atoms with E-state index in [1.807, 2.05) is 69.4 Å². The van der Waals surface area contributed by atoms with Crippen LogP contribution in [0.5, 0.6) is 0 Å². The standard InChI is InChI=1S/C14H14N.C5H5.Fe/c1-12(14-9-3-2-4-10-14)15-11-13-7-5-6-8-13;1-2-4-5-3-1;/h2-12H,1H3;1-5H;/q;;+2. The Hall–Kier alpha value is -0.591. The molecule has 1 nitrogen and oxygen atoms in total. The zero-order chi connectivity index (χ0) is 14.0. The van der Waals surface area contributed by atoms with Crippen LogP contribution in [0.2, 0.25) is 0 Å². The third-order valence-corrected chi connectivity index (χ3v) is 2.97. The maximum Gasteiger partial charge on any atom is 2.00 e. The maximum absolute atomic E-state index is 4.51. The summed E-state index contributed by atoms with van der Waals surface area (Å²) >= 11 is 0. The molecular formula is C19H19FeN+2. The van der Waals surface area contributed by atoms with Gasteiger partial charge in [-0.3, -0.25) is 4.99 Å². The Labute approximate surface area is 141 Å². The van der Waals surface area contributed by atoms with E-state index in [0.29, 0.717) is 0 Å². The monoisotopic (exact) mass is 317 g/mol. The summed E-state index contributed by atoms with van der Waals surface area (Å²) in [6.07, 6.45) is 20.1. The first-order chi connectivity index (χ1) is 9.86. The van der Waals surface area contributed by atoms with Gasteiger partial charge in [0.25, 0.3) is 0 Å². The Morgan fingerprint density at radius 2 is 1.33 bits per heavy atom. The van der Waals surface area contributed by atoms with Crippen LogP contribution in [0.15, 0.2) is 35.3 Å². The summed E-state index contributed by atoms with van der Waals surface area (Å²) in [6.45, 7) is 2.11. The van der Waals surface area contributed by atoms with Gasteiger partial charge in [-0.1, -0.05) is 30.3 Å². The van der Waals surface area contributed by atoms with E-state index in [9.17, 15) is 0 Å². The molecule has 2 aliphatic carbocycles. The van der Waals surface area contributed by atoms with Gasteiger partial charge in [0.05, 0.1) is 6.04 Å². The first-order valence-corrected chi connectivity index (χ1v) is 6.83. The van der Waals surface area contributed by atoms with Crippen LogP contribution < -0.4 is 0 Å². The van der Waals surface area contributed by atoms with E-state index in [2.05, 4.69) is 36.9 Å². The van der Waals surface area contributed by atoms with E-state index in [-0.39, 0.29) is 23.1 Å². The van der Waals surface area contributed by atoms with Crippen molar-refractivity contribution in [3.05, 3.63) is 99.6 Å². The average Bonchev–Trinajstić information content (AvgIpc) is 3.21. The van der Waals surface area contributed by atoms with Crippen molar-refractivity contribution < 1.29 is 17.1 Å². The fraction of sp³-hybridized carbons (Fsp3) is 0.105. The van der Waals surface area contributed by atoms with Crippen LogP contribution in [0.3, 0.4) is 0 Å². The molecule has 3 rings (SSSR count). The van der Waals surface area contributed by atoms with Crippen LogP contribution >= 0.6 is 0 Å². The molecule has 0 bridgehead atoms. The fourth-order valence-corrected chi connectivity index (χ4v) is 1.81. The number of nitrogens with zero attached hydrogens (tertiary/aromatic N) is 1. The second-order valence-corrected chi connectivity index (χ2v) is 4.55. The molecule has 0 N–H and O–H groups in total. The van der Waals surface area contributed by atoms with Crippen molar-refractivity contribution in [3.8, 4) is 0 Å². The summed E-state index contributed by atoms with van der Waals surface area (Å²) in [5.41, 5.74) is 1.25. The molecule has 0 saturated heterocycles. The Kier molecular flexibility index (Phi) is 9.70. The third kappa shape index (κ3) is 7.29. The molecule has 106 valence electrons. The predicted molar refractivity (Wildman–Crippen MR) is 85.3 cm³/mol. The summed E-state index contributed by atoms with van der Waals surface area (Å²) in [4.78, 5) is 4.51. The second kappa shape index (κ2) is 11.0. The minimum atomic E-state index is 0. The van der Waals surface area contributed by atoms with E-state index in [1.165, 1.54) is 5.56 Å². The molecule has 0 heterocycles. The minimum Gasteiger partial charge on any atom is -0.289 e. The summed E-state index contributed by atoms with van der Waals surface area (Å²) in [5, 5.41) is 0. The smallest absolute Gasteiger partial charge is 0.289 e. The molecule has 2 heteroatoms. The molecule has 1 aromatic carbocycles. The fourth-order valence-electron chi connectivity index (χ4n) is 1.81. The van der Waals surface area contributed by atoms with Crippen molar-refractivity contribution in [1.29, 1.82) is 0 Å². The van der Waals surface area contributed by atoms with Crippen molar-refractivity contribution in [1.82, 2.24) is 0 Å². The molecule has 0 spiro atoms. The van der Waals surface area contributed by atoms with Gasteiger partial charge in [0.2, 0.25) is 0 Å². The van der Waals surface area contributed by atoms with Crippen LogP contribution in [-0.4, -0.2) is 6.21 Å². The van der Waals surface area contributed by atoms with E-state index >= 15 is 0 Å². The van der Waals surface area contributed by atoms with Crippen LogP contribution in [0, 0.1) is 63.7 Å². The predicted octanol–water partition coefficient (Wildman–Crippen LogP) is 4.24. The van der Waals surface area contributed by atoms with Crippen LogP contribution in [0.4, 0.5) is 0 Å². The van der Waals surface area contributed by atoms with Crippen LogP contribution in [-0.2, 0) is 17.1 Å². The number of hydrogen-bond donors (Lipinski definition) is 0. The number of aliphatic imine (C=N–C) groups is 1. The first-order valence-electron chi connectivity index (χ1n) is 6.83. The van der Waals surface area contributed by atoms with Crippen molar-refractivity contribution in [2.75, 3.05) is 0 Å². The van der Waals surface area contributed by atoms with Gasteiger partial charge < -0.3 is 0 Å². The van der Waals surface area contributed by atoms with Gasteiger partial charge in [0.1, 0.15) is 0 Å². The summed E-state index contributed by atoms with van der Waals surface area (Å²) < 4.78 is 0. The maximum atomic E-state index is 4.51. The molecule has 21 heavy (non-hydrogen) atoms. The molecule has 0 amide bonds. The van der Waals surface area contributed by atoms with Crippen molar-refractivity contribution in [2.24, 2.45) is 4.99 Å². The molecule has 0 aliphatic heterocycles. The van der Waals surface area contributed by atoms with Crippen molar-refractivity contribution in [3.63, 3.8) is 0 Å². The number of rotatable bonds is 3. The van der Waals surface area contributed by atoms with Gasteiger partial charge in [-0.25, -0.2) is 0 Å². The SMILES string of the molecule is CC(N=C[C]1[CH][CH][CH][CH]1)c1ccccc1.[CH]1[CH][CH][CH][CH]1.[Fe+2]. The molecule has 2 aliphatic rings. The Bertz CT molecular complexity index is 370. The Morgan fingerprint density at radius 3 is 1.86 bits per heavy atom. The zero-order valence-electron chi connectivity index (χ0n) is 12.0. The molecule has 1 unspecified atom stereocenters. The topological polar surface area (TPSA) is 12.4 Å². The first kappa shape index (κ1) is 18.5. The summed E-state index contributed by atoms with van der Waals surface area (Å²) in [5.74, 6) is 1.16. The van der Waals surface area contributed by atoms with E-state index < -0.39 is 0 Å². The summed E-state index contributed by atoms with van der Waals surface area (Å²) in [6, 6.07) is 10.5. The van der Waals surface area contributed by atoms with Crippen molar-refractivity contribution in [2.45, 2.75) is 13.0 Å². The normalized spacial score (nSPS) is 19.9. The van der Waals surface area contributed by atoms with E-state index in [4.69, 9.17) is 0 Å². The molecule has 0 aromatic heterocycles. The second-order valence-electron chi connectivity index (χ2n) is 4.55. The quantitative estimate of drug-likeness (QED) is 0.584. The van der Waals surface area contributed by atoms with Gasteiger partial charge in [-0.05, 0) is 70.3 Å². The number of hydrogen-bond acceptors (Lipinski definition) is 1. The van der Waals surface area contributed by atoms with Crippen LogP contribution in [0.25, 0.3) is 0 Å².